The highest BCUT2D eigenvalue weighted by molar-refractivity contribution is 6.14. The minimum Gasteiger partial charge on any atom is -0.299 e. The molecular formula is C19H16O3. The van der Waals surface area contributed by atoms with Crippen molar-refractivity contribution in [2.45, 2.75) is 12.8 Å². The highest BCUT2D eigenvalue weighted by atomic mass is 16.2. The van der Waals surface area contributed by atoms with Crippen molar-refractivity contribution in [3.8, 4) is 0 Å². The van der Waals surface area contributed by atoms with Crippen molar-refractivity contribution < 1.29 is 14.4 Å². The van der Waals surface area contributed by atoms with E-state index >= 15 is 0 Å². The molecule has 0 amide bonds. The third-order valence-electron chi connectivity index (χ3n) is 3.09. The van der Waals surface area contributed by atoms with Gasteiger partial charge >= 0.3 is 0 Å². The van der Waals surface area contributed by atoms with E-state index in [9.17, 15) is 14.4 Å². The number of ketones is 3. The number of allylic oxidation sites excluding steroid dienone is 1. The van der Waals surface area contributed by atoms with Crippen LogP contribution in [0.15, 0.2) is 66.7 Å². The van der Waals surface area contributed by atoms with Crippen LogP contribution < -0.4 is 0 Å². The SMILES string of the molecule is O=C(/C=C/c1ccccc1)CC(=O)CC(=O)c1ccccc1. The van der Waals surface area contributed by atoms with Crippen molar-refractivity contribution in [3.63, 3.8) is 0 Å². The van der Waals surface area contributed by atoms with E-state index in [1.165, 1.54) is 6.08 Å². The lowest BCUT2D eigenvalue weighted by Gasteiger charge is -1.99. The average Bonchev–Trinajstić information content (AvgIpc) is 2.54. The third kappa shape index (κ3) is 4.94. The molecule has 0 aliphatic carbocycles. The molecule has 0 unspecified atom stereocenters. The first kappa shape index (κ1) is 15.6. The van der Waals surface area contributed by atoms with E-state index in [4.69, 9.17) is 0 Å². The van der Waals surface area contributed by atoms with E-state index in [1.807, 2.05) is 30.3 Å². The van der Waals surface area contributed by atoms with Gasteiger partial charge in [-0.05, 0) is 11.6 Å². The van der Waals surface area contributed by atoms with Crippen LogP contribution in [0, 0.1) is 0 Å². The molecule has 0 atom stereocenters. The molecule has 0 saturated carbocycles. The molecule has 2 aromatic carbocycles. The Hall–Kier alpha value is -2.81. The molecule has 0 fully saturated rings. The molecule has 3 nitrogen and oxygen atoms in total. The minimum absolute atomic E-state index is 0.241. The molecule has 2 rings (SSSR count). The Balaban J connectivity index is 1.85. The highest BCUT2D eigenvalue weighted by Crippen LogP contribution is 2.06. The Labute approximate surface area is 129 Å². The van der Waals surface area contributed by atoms with Crippen LogP contribution in [0.3, 0.4) is 0 Å². The molecule has 0 radical (unpaired) electrons. The maximum Gasteiger partial charge on any atom is 0.170 e. The van der Waals surface area contributed by atoms with Gasteiger partial charge in [-0.1, -0.05) is 66.7 Å². The molecule has 2 aromatic rings. The fourth-order valence-corrected chi connectivity index (χ4v) is 1.97. The molecule has 0 bridgehead atoms. The summed E-state index contributed by atoms with van der Waals surface area (Å²) in [5.74, 6) is -0.920. The maximum atomic E-state index is 11.9. The summed E-state index contributed by atoms with van der Waals surface area (Å²) in [5.41, 5.74) is 1.38. The Morgan fingerprint density at radius 1 is 0.773 bits per heavy atom. The molecule has 0 saturated heterocycles. The number of carbonyl (C=O) groups excluding carboxylic acids is 3. The number of rotatable bonds is 7. The van der Waals surface area contributed by atoms with Crippen molar-refractivity contribution in [3.05, 3.63) is 77.9 Å². The normalized spacial score (nSPS) is 10.5. The van der Waals surface area contributed by atoms with Gasteiger partial charge in [0.1, 0.15) is 5.78 Å². The Morgan fingerprint density at radius 3 is 2.00 bits per heavy atom. The summed E-state index contributed by atoms with van der Waals surface area (Å²) >= 11 is 0. The number of hydrogen-bond acceptors (Lipinski definition) is 3. The topological polar surface area (TPSA) is 51.2 Å². The standard InChI is InChI=1S/C19H16O3/c20-17(12-11-15-7-3-1-4-8-15)13-18(21)14-19(22)16-9-5-2-6-10-16/h1-12H,13-14H2/b12-11+. The van der Waals surface area contributed by atoms with Crippen LogP contribution in [-0.4, -0.2) is 17.3 Å². The zero-order chi connectivity index (χ0) is 15.8. The van der Waals surface area contributed by atoms with Crippen LogP contribution in [0.5, 0.6) is 0 Å². The van der Waals surface area contributed by atoms with Crippen LogP contribution in [0.2, 0.25) is 0 Å². The predicted molar refractivity (Wildman–Crippen MR) is 85.5 cm³/mol. The van der Waals surface area contributed by atoms with Gasteiger partial charge in [0.25, 0.3) is 0 Å². The quantitative estimate of drug-likeness (QED) is 0.446. The maximum absolute atomic E-state index is 11.9. The summed E-state index contributed by atoms with van der Waals surface area (Å²) in [6, 6.07) is 18.0. The second-order valence-electron chi connectivity index (χ2n) is 4.89. The molecular weight excluding hydrogens is 276 g/mol. The van der Waals surface area contributed by atoms with Crippen LogP contribution >= 0.6 is 0 Å². The molecule has 3 heteroatoms. The van der Waals surface area contributed by atoms with Crippen LogP contribution in [0.4, 0.5) is 0 Å². The number of Topliss-reactive ketones (excluding diaryl/α,β-unsaturated/α-hetero) is 2. The smallest absolute Gasteiger partial charge is 0.170 e. The summed E-state index contributed by atoms with van der Waals surface area (Å²) < 4.78 is 0. The first-order valence-electron chi connectivity index (χ1n) is 7.01. The zero-order valence-corrected chi connectivity index (χ0v) is 12.1. The molecule has 0 heterocycles. The van der Waals surface area contributed by atoms with Crippen LogP contribution in [-0.2, 0) is 9.59 Å². The molecule has 0 aliphatic rings. The molecule has 0 aliphatic heterocycles. The fourth-order valence-electron chi connectivity index (χ4n) is 1.97. The van der Waals surface area contributed by atoms with Gasteiger partial charge in [-0.2, -0.15) is 0 Å². The van der Waals surface area contributed by atoms with Gasteiger partial charge in [-0.25, -0.2) is 0 Å². The number of hydrogen-bond donors (Lipinski definition) is 0. The van der Waals surface area contributed by atoms with Crippen LogP contribution in [0.25, 0.3) is 6.08 Å². The van der Waals surface area contributed by atoms with E-state index in [0.29, 0.717) is 5.56 Å². The van der Waals surface area contributed by atoms with Crippen molar-refractivity contribution in [2.24, 2.45) is 0 Å². The molecule has 22 heavy (non-hydrogen) atoms. The summed E-state index contributed by atoms with van der Waals surface area (Å²) in [6.45, 7) is 0. The van der Waals surface area contributed by atoms with Gasteiger partial charge in [0.05, 0.1) is 12.8 Å². The van der Waals surface area contributed by atoms with E-state index < -0.39 is 0 Å². The monoisotopic (exact) mass is 292 g/mol. The lowest BCUT2D eigenvalue weighted by molar-refractivity contribution is -0.124. The third-order valence-corrected chi connectivity index (χ3v) is 3.09. The predicted octanol–water partition coefficient (Wildman–Crippen LogP) is 3.50. The Kier molecular flexibility index (Phi) is 5.55. The van der Waals surface area contributed by atoms with Crippen molar-refractivity contribution in [2.75, 3.05) is 0 Å². The van der Waals surface area contributed by atoms with Gasteiger partial charge in [-0.3, -0.25) is 14.4 Å². The molecule has 110 valence electrons. The van der Waals surface area contributed by atoms with E-state index in [-0.39, 0.29) is 30.2 Å². The molecule has 0 aromatic heterocycles. The molecule has 0 N–H and O–H groups in total. The van der Waals surface area contributed by atoms with E-state index in [2.05, 4.69) is 0 Å². The number of carbonyl (C=O) groups is 3. The average molecular weight is 292 g/mol. The highest BCUT2D eigenvalue weighted by Gasteiger charge is 2.13. The number of benzene rings is 2. The van der Waals surface area contributed by atoms with Crippen molar-refractivity contribution in [1.29, 1.82) is 0 Å². The summed E-state index contributed by atoms with van der Waals surface area (Å²) in [5, 5.41) is 0. The largest absolute Gasteiger partial charge is 0.299 e. The zero-order valence-electron chi connectivity index (χ0n) is 12.1. The van der Waals surface area contributed by atoms with E-state index in [1.54, 1.807) is 36.4 Å². The fraction of sp³-hybridized carbons (Fsp3) is 0.105. The Morgan fingerprint density at radius 2 is 1.36 bits per heavy atom. The van der Waals surface area contributed by atoms with Gasteiger partial charge < -0.3 is 0 Å². The van der Waals surface area contributed by atoms with Crippen LogP contribution in [0.1, 0.15) is 28.8 Å². The van der Waals surface area contributed by atoms with Crippen molar-refractivity contribution in [1.82, 2.24) is 0 Å². The first-order chi connectivity index (χ1) is 10.6. The molecule has 0 spiro atoms. The lowest BCUT2D eigenvalue weighted by atomic mass is 10.0. The first-order valence-corrected chi connectivity index (χ1v) is 7.01. The van der Waals surface area contributed by atoms with Gasteiger partial charge in [0, 0.05) is 5.56 Å². The summed E-state index contributed by atoms with van der Waals surface area (Å²) in [4.78, 5) is 35.4. The second kappa shape index (κ2) is 7.84. The van der Waals surface area contributed by atoms with Crippen molar-refractivity contribution >= 4 is 23.4 Å². The minimum atomic E-state index is -0.364. The van der Waals surface area contributed by atoms with Gasteiger partial charge in [0.2, 0.25) is 0 Å². The summed E-state index contributed by atoms with van der Waals surface area (Å²) in [6.07, 6.45) is 2.55. The summed E-state index contributed by atoms with van der Waals surface area (Å²) in [7, 11) is 0. The van der Waals surface area contributed by atoms with Gasteiger partial charge in [-0.15, -0.1) is 0 Å². The Bertz CT molecular complexity index is 685. The second-order valence-corrected chi connectivity index (χ2v) is 4.89. The van der Waals surface area contributed by atoms with E-state index in [0.717, 1.165) is 5.56 Å². The lowest BCUT2D eigenvalue weighted by Crippen LogP contribution is -2.11. The van der Waals surface area contributed by atoms with Gasteiger partial charge in [0.15, 0.2) is 11.6 Å².